The van der Waals surface area contributed by atoms with Gasteiger partial charge in [-0.25, -0.2) is 14.2 Å². The Balaban J connectivity index is 2.16. The lowest BCUT2D eigenvalue weighted by molar-refractivity contribution is -0.133. The smallest absolute Gasteiger partial charge is 0.335 e. The third-order valence-electron chi connectivity index (χ3n) is 3.57. The number of nitrogens with one attached hydrogen (secondary N) is 1. The third-order valence-corrected chi connectivity index (χ3v) is 5.78. The molecular formula is C16H12Br2FN3O2S. The van der Waals surface area contributed by atoms with E-state index in [2.05, 4.69) is 47.2 Å². The van der Waals surface area contributed by atoms with Crippen molar-refractivity contribution in [1.29, 1.82) is 0 Å². The molecule has 1 unspecified atom stereocenters. The molecule has 1 atom stereocenters. The summed E-state index contributed by atoms with van der Waals surface area (Å²) in [5, 5.41) is 15.6. The highest BCUT2D eigenvalue weighted by atomic mass is 79.9. The van der Waals surface area contributed by atoms with Crippen LogP contribution in [0.5, 0.6) is 0 Å². The van der Waals surface area contributed by atoms with Gasteiger partial charge in [0, 0.05) is 26.6 Å². The molecule has 2 N–H and O–H groups in total. The van der Waals surface area contributed by atoms with Crippen LogP contribution in [0.25, 0.3) is 0 Å². The highest BCUT2D eigenvalue weighted by Gasteiger charge is 2.32. The Labute approximate surface area is 164 Å². The number of halogens is 3. The summed E-state index contributed by atoms with van der Waals surface area (Å²) in [6.45, 7) is 1.88. The highest BCUT2D eigenvalue weighted by Crippen LogP contribution is 2.36. The summed E-state index contributed by atoms with van der Waals surface area (Å²) in [7, 11) is 0. The number of hydrogen-bond acceptors (Lipinski definition) is 5. The number of aliphatic carboxylic acids is 1. The summed E-state index contributed by atoms with van der Waals surface area (Å²) in [6, 6.07) is 3.35. The molecule has 0 fully saturated rings. The zero-order chi connectivity index (χ0) is 18.1. The van der Waals surface area contributed by atoms with E-state index in [1.807, 2.05) is 12.3 Å². The first kappa shape index (κ1) is 18.2. The molecule has 1 aromatic heterocycles. The van der Waals surface area contributed by atoms with E-state index >= 15 is 0 Å². The number of carboxylic acid groups (broad SMARTS) is 1. The van der Waals surface area contributed by atoms with Crippen molar-refractivity contribution in [1.82, 2.24) is 10.3 Å². The van der Waals surface area contributed by atoms with Gasteiger partial charge in [-0.05, 0) is 24.6 Å². The SMILES string of the molecule is Cc1csc(C2=NC(c3ccc(F)cc3Br)C(C(=O)O)=C(CBr)N2)n1. The molecule has 0 saturated heterocycles. The molecule has 1 aliphatic heterocycles. The van der Waals surface area contributed by atoms with E-state index in [4.69, 9.17) is 0 Å². The number of aromatic nitrogens is 1. The third kappa shape index (κ3) is 3.68. The van der Waals surface area contributed by atoms with Crippen molar-refractivity contribution < 1.29 is 14.3 Å². The summed E-state index contributed by atoms with van der Waals surface area (Å²) in [5.74, 6) is -0.994. The van der Waals surface area contributed by atoms with Crippen LogP contribution in [-0.2, 0) is 4.79 Å². The van der Waals surface area contributed by atoms with Gasteiger partial charge in [-0.3, -0.25) is 4.99 Å². The largest absolute Gasteiger partial charge is 0.478 e. The Hall–Kier alpha value is -1.58. The molecule has 0 bridgehead atoms. The Morgan fingerprint density at radius 2 is 2.24 bits per heavy atom. The number of thiazole rings is 1. The predicted octanol–water partition coefficient (Wildman–Crippen LogP) is 4.18. The van der Waals surface area contributed by atoms with Gasteiger partial charge in [0.2, 0.25) is 0 Å². The molecule has 0 radical (unpaired) electrons. The Kier molecular flexibility index (Phi) is 5.35. The number of amidine groups is 1. The number of aliphatic imine (C=N–C) groups is 1. The number of allylic oxidation sites excluding steroid dienone is 1. The van der Waals surface area contributed by atoms with Gasteiger partial charge in [-0.2, -0.15) is 0 Å². The number of benzene rings is 1. The summed E-state index contributed by atoms with van der Waals surface area (Å²) in [6.07, 6.45) is 0. The minimum atomic E-state index is -1.08. The van der Waals surface area contributed by atoms with Gasteiger partial charge in [0.05, 0.1) is 5.57 Å². The summed E-state index contributed by atoms with van der Waals surface area (Å²) in [5.41, 5.74) is 2.04. The number of hydrogen-bond donors (Lipinski definition) is 2. The van der Waals surface area contributed by atoms with E-state index in [-0.39, 0.29) is 5.57 Å². The molecule has 25 heavy (non-hydrogen) atoms. The van der Waals surface area contributed by atoms with Crippen LogP contribution < -0.4 is 5.32 Å². The molecule has 130 valence electrons. The zero-order valence-corrected chi connectivity index (χ0v) is 16.9. The van der Waals surface area contributed by atoms with Crippen LogP contribution in [0.2, 0.25) is 0 Å². The molecule has 0 spiro atoms. The molecule has 1 aromatic carbocycles. The topological polar surface area (TPSA) is 74.6 Å². The van der Waals surface area contributed by atoms with E-state index in [9.17, 15) is 14.3 Å². The molecule has 0 saturated carbocycles. The van der Waals surface area contributed by atoms with E-state index < -0.39 is 17.8 Å². The lowest BCUT2D eigenvalue weighted by atomic mass is 9.96. The van der Waals surface area contributed by atoms with Crippen molar-refractivity contribution in [3.8, 4) is 0 Å². The van der Waals surface area contributed by atoms with Crippen LogP contribution in [0.15, 0.2) is 44.3 Å². The minimum absolute atomic E-state index is 0.112. The van der Waals surface area contributed by atoms with Crippen LogP contribution in [0.1, 0.15) is 22.3 Å². The molecule has 3 rings (SSSR count). The summed E-state index contributed by atoms with van der Waals surface area (Å²) < 4.78 is 13.9. The lowest BCUT2D eigenvalue weighted by Gasteiger charge is -2.25. The number of carbonyl (C=O) groups is 1. The van der Waals surface area contributed by atoms with E-state index in [1.165, 1.54) is 23.5 Å². The monoisotopic (exact) mass is 487 g/mol. The lowest BCUT2D eigenvalue weighted by Crippen LogP contribution is -2.34. The normalized spacial score (nSPS) is 17.3. The van der Waals surface area contributed by atoms with E-state index in [1.54, 1.807) is 6.07 Å². The van der Waals surface area contributed by atoms with E-state index in [0.717, 1.165) is 5.69 Å². The fourth-order valence-electron chi connectivity index (χ4n) is 2.47. The average molecular weight is 489 g/mol. The van der Waals surface area contributed by atoms with E-state index in [0.29, 0.717) is 31.9 Å². The van der Waals surface area contributed by atoms with Crippen molar-refractivity contribution in [2.75, 3.05) is 5.33 Å². The molecule has 0 amide bonds. The van der Waals surface area contributed by atoms with Crippen molar-refractivity contribution in [3.05, 3.63) is 61.4 Å². The molecule has 2 aromatic rings. The fraction of sp³-hybridized carbons (Fsp3) is 0.188. The molecule has 0 aliphatic carbocycles. The molecule has 9 heteroatoms. The first-order valence-corrected chi connectivity index (χ1v) is 9.94. The Morgan fingerprint density at radius 3 is 2.80 bits per heavy atom. The number of aryl methyl sites for hydroxylation is 1. The highest BCUT2D eigenvalue weighted by molar-refractivity contribution is 9.10. The van der Waals surface area contributed by atoms with Crippen molar-refractivity contribution in [2.45, 2.75) is 13.0 Å². The Bertz CT molecular complexity index is 911. The first-order chi connectivity index (χ1) is 11.9. The second-order valence-electron chi connectivity index (χ2n) is 5.30. The van der Waals surface area contributed by atoms with Crippen LogP contribution >= 0.6 is 43.2 Å². The number of rotatable bonds is 4. The van der Waals surface area contributed by atoms with Crippen LogP contribution in [0.3, 0.4) is 0 Å². The quantitative estimate of drug-likeness (QED) is 0.633. The second kappa shape index (κ2) is 7.35. The molecule has 1 aliphatic rings. The van der Waals surface area contributed by atoms with Gasteiger partial charge < -0.3 is 10.4 Å². The fourth-order valence-corrected chi connectivity index (χ4v) is 4.23. The van der Waals surface area contributed by atoms with Crippen LogP contribution in [0, 0.1) is 12.7 Å². The Morgan fingerprint density at radius 1 is 1.48 bits per heavy atom. The predicted molar refractivity (Wildman–Crippen MR) is 102 cm³/mol. The van der Waals surface area contributed by atoms with Gasteiger partial charge in [0.25, 0.3) is 0 Å². The van der Waals surface area contributed by atoms with Gasteiger partial charge >= 0.3 is 5.97 Å². The first-order valence-electron chi connectivity index (χ1n) is 7.15. The van der Waals surface area contributed by atoms with Crippen LogP contribution in [0.4, 0.5) is 4.39 Å². The maximum atomic E-state index is 13.4. The standard InChI is InChI=1S/C16H12Br2FN3O2S/c1-7-6-25-15(20-7)14-21-11(5-17)12(16(23)24)13(22-14)9-3-2-8(19)4-10(9)18/h2-4,6,13H,5H2,1H3,(H,21,22)(H,23,24). The molecule has 5 nitrogen and oxygen atoms in total. The van der Waals surface area contributed by atoms with Crippen LogP contribution in [-0.4, -0.2) is 27.2 Å². The maximum absolute atomic E-state index is 13.4. The number of alkyl halides is 1. The molecular weight excluding hydrogens is 477 g/mol. The van der Waals surface area contributed by atoms with Gasteiger partial charge in [-0.1, -0.05) is 37.9 Å². The van der Waals surface area contributed by atoms with Crippen molar-refractivity contribution >= 4 is 55.0 Å². The number of carboxylic acids is 1. The summed E-state index contributed by atoms with van der Waals surface area (Å²) in [4.78, 5) is 20.8. The van der Waals surface area contributed by atoms with Crippen molar-refractivity contribution in [3.63, 3.8) is 0 Å². The summed E-state index contributed by atoms with van der Waals surface area (Å²) >= 11 is 8.06. The second-order valence-corrected chi connectivity index (χ2v) is 7.57. The van der Waals surface area contributed by atoms with Gasteiger partial charge in [0.1, 0.15) is 11.9 Å². The molecule has 2 heterocycles. The van der Waals surface area contributed by atoms with Crippen molar-refractivity contribution in [2.24, 2.45) is 4.99 Å². The number of nitrogens with zero attached hydrogens (tertiary/aromatic N) is 2. The van der Waals surface area contributed by atoms with Gasteiger partial charge in [0.15, 0.2) is 10.8 Å². The average Bonchev–Trinajstić information content (AvgIpc) is 3.00. The zero-order valence-electron chi connectivity index (χ0n) is 12.9. The maximum Gasteiger partial charge on any atom is 0.335 e. The van der Waals surface area contributed by atoms with Gasteiger partial charge in [-0.15, -0.1) is 11.3 Å². The minimum Gasteiger partial charge on any atom is -0.478 e.